The number of carbonyl (C=O) groups is 1. The summed E-state index contributed by atoms with van der Waals surface area (Å²) in [5.41, 5.74) is 1.63. The van der Waals surface area contributed by atoms with E-state index in [1.54, 1.807) is 48.1 Å². The summed E-state index contributed by atoms with van der Waals surface area (Å²) < 4.78 is 32.1. The van der Waals surface area contributed by atoms with Crippen molar-refractivity contribution in [1.29, 1.82) is 0 Å². The Morgan fingerprint density at radius 1 is 1.10 bits per heavy atom. The number of ether oxygens (including phenoxy) is 3. The first-order valence-electron chi connectivity index (χ1n) is 9.35. The molecule has 0 radical (unpaired) electrons. The van der Waals surface area contributed by atoms with E-state index in [0.717, 1.165) is 5.56 Å². The number of aromatic nitrogens is 2. The van der Waals surface area contributed by atoms with Gasteiger partial charge in [-0.2, -0.15) is 0 Å². The standard InChI is InChI=1S/C22H24FN3O4/c1-14-24-9-10-26(14)18-7-6-16(13-17(18)23)25-21(27)8-5-15-11-19(28-2)22(30-4)20(12-15)29-3/h6-7,9-13H,5,8H2,1-4H3,(H,25,27). The van der Waals surface area contributed by atoms with Crippen molar-refractivity contribution in [2.24, 2.45) is 0 Å². The summed E-state index contributed by atoms with van der Waals surface area (Å²) in [7, 11) is 4.61. The highest BCUT2D eigenvalue weighted by molar-refractivity contribution is 5.91. The molecule has 1 amide bonds. The Labute approximate surface area is 174 Å². The molecule has 2 aromatic carbocycles. The average molecular weight is 413 g/mol. The van der Waals surface area contributed by atoms with E-state index in [0.29, 0.717) is 40.9 Å². The Balaban J connectivity index is 1.66. The van der Waals surface area contributed by atoms with Crippen LogP contribution in [0.25, 0.3) is 5.69 Å². The van der Waals surface area contributed by atoms with Crippen LogP contribution in [-0.2, 0) is 11.2 Å². The van der Waals surface area contributed by atoms with Crippen molar-refractivity contribution in [3.05, 3.63) is 59.9 Å². The van der Waals surface area contributed by atoms with Crippen LogP contribution in [0.5, 0.6) is 17.2 Å². The highest BCUT2D eigenvalue weighted by atomic mass is 19.1. The SMILES string of the molecule is COc1cc(CCC(=O)Nc2ccc(-n3ccnc3C)c(F)c2)cc(OC)c1OC. The van der Waals surface area contributed by atoms with Crippen LogP contribution in [0.1, 0.15) is 17.8 Å². The van der Waals surface area contributed by atoms with E-state index in [1.807, 2.05) is 0 Å². The van der Waals surface area contributed by atoms with Gasteiger partial charge in [0, 0.05) is 24.5 Å². The molecule has 0 aliphatic heterocycles. The van der Waals surface area contributed by atoms with Crippen molar-refractivity contribution in [1.82, 2.24) is 9.55 Å². The van der Waals surface area contributed by atoms with E-state index in [-0.39, 0.29) is 12.3 Å². The number of carbonyl (C=O) groups excluding carboxylic acids is 1. The van der Waals surface area contributed by atoms with Gasteiger partial charge in [0.2, 0.25) is 11.7 Å². The molecule has 0 aliphatic carbocycles. The van der Waals surface area contributed by atoms with Crippen molar-refractivity contribution in [2.75, 3.05) is 26.6 Å². The highest BCUT2D eigenvalue weighted by Crippen LogP contribution is 2.38. The molecule has 0 unspecified atom stereocenters. The summed E-state index contributed by atoms with van der Waals surface area (Å²) in [5, 5.41) is 2.73. The summed E-state index contributed by atoms with van der Waals surface area (Å²) in [6, 6.07) is 8.17. The maximum atomic E-state index is 14.5. The zero-order valence-corrected chi connectivity index (χ0v) is 17.4. The number of rotatable bonds is 8. The number of amides is 1. The second-order valence-corrected chi connectivity index (χ2v) is 6.59. The number of nitrogens with one attached hydrogen (secondary N) is 1. The van der Waals surface area contributed by atoms with Gasteiger partial charge >= 0.3 is 0 Å². The zero-order chi connectivity index (χ0) is 21.7. The second kappa shape index (κ2) is 9.30. The van der Waals surface area contributed by atoms with E-state index in [1.165, 1.54) is 27.4 Å². The Morgan fingerprint density at radius 2 is 1.80 bits per heavy atom. The first-order chi connectivity index (χ1) is 14.5. The molecule has 3 rings (SSSR count). The largest absolute Gasteiger partial charge is 0.493 e. The van der Waals surface area contributed by atoms with Crippen molar-refractivity contribution >= 4 is 11.6 Å². The molecule has 30 heavy (non-hydrogen) atoms. The molecule has 1 N–H and O–H groups in total. The topological polar surface area (TPSA) is 74.6 Å². The Kier molecular flexibility index (Phi) is 6.56. The van der Waals surface area contributed by atoms with Crippen molar-refractivity contribution < 1.29 is 23.4 Å². The number of aryl methyl sites for hydroxylation is 2. The van der Waals surface area contributed by atoms with Gasteiger partial charge in [-0.3, -0.25) is 4.79 Å². The van der Waals surface area contributed by atoms with Gasteiger partial charge in [-0.05, 0) is 49.2 Å². The molecular weight excluding hydrogens is 389 g/mol. The number of methoxy groups -OCH3 is 3. The quantitative estimate of drug-likeness (QED) is 0.606. The predicted molar refractivity (Wildman–Crippen MR) is 111 cm³/mol. The molecular formula is C22H24FN3O4. The molecule has 0 saturated carbocycles. The molecule has 1 heterocycles. The fourth-order valence-corrected chi connectivity index (χ4v) is 3.17. The highest BCUT2D eigenvalue weighted by Gasteiger charge is 2.14. The van der Waals surface area contributed by atoms with Gasteiger partial charge in [0.1, 0.15) is 11.6 Å². The minimum atomic E-state index is -0.446. The summed E-state index contributed by atoms with van der Waals surface area (Å²) in [4.78, 5) is 16.5. The molecule has 0 aliphatic rings. The number of imidazole rings is 1. The lowest BCUT2D eigenvalue weighted by Crippen LogP contribution is -2.13. The molecule has 0 spiro atoms. The third kappa shape index (κ3) is 4.53. The third-order valence-corrected chi connectivity index (χ3v) is 4.68. The van der Waals surface area contributed by atoms with Crippen LogP contribution >= 0.6 is 0 Å². The number of anilines is 1. The average Bonchev–Trinajstić information content (AvgIpc) is 3.17. The summed E-state index contributed by atoms with van der Waals surface area (Å²) in [6.07, 6.45) is 3.96. The second-order valence-electron chi connectivity index (χ2n) is 6.59. The molecule has 1 aromatic heterocycles. The first-order valence-corrected chi connectivity index (χ1v) is 9.35. The number of hydrogen-bond acceptors (Lipinski definition) is 5. The lowest BCUT2D eigenvalue weighted by molar-refractivity contribution is -0.116. The molecule has 0 bridgehead atoms. The number of halogens is 1. The summed E-state index contributed by atoms with van der Waals surface area (Å²) in [6.45, 7) is 1.79. The Morgan fingerprint density at radius 3 is 2.33 bits per heavy atom. The Bertz CT molecular complexity index is 1020. The van der Waals surface area contributed by atoms with Crippen LogP contribution in [-0.4, -0.2) is 36.8 Å². The molecule has 3 aromatic rings. The maximum Gasteiger partial charge on any atom is 0.224 e. The maximum absolute atomic E-state index is 14.5. The fraction of sp³-hybridized carbons (Fsp3) is 0.273. The van der Waals surface area contributed by atoms with E-state index in [4.69, 9.17) is 14.2 Å². The molecule has 0 saturated heterocycles. The molecule has 0 atom stereocenters. The van der Waals surface area contributed by atoms with Crippen LogP contribution < -0.4 is 19.5 Å². The number of benzene rings is 2. The minimum absolute atomic E-state index is 0.211. The minimum Gasteiger partial charge on any atom is -0.493 e. The number of nitrogens with zero attached hydrogens (tertiary/aromatic N) is 2. The molecule has 7 nitrogen and oxygen atoms in total. The van der Waals surface area contributed by atoms with Gasteiger partial charge < -0.3 is 24.1 Å². The van der Waals surface area contributed by atoms with Crippen LogP contribution in [0.4, 0.5) is 10.1 Å². The molecule has 158 valence electrons. The normalized spacial score (nSPS) is 10.6. The van der Waals surface area contributed by atoms with Crippen molar-refractivity contribution in [3.63, 3.8) is 0 Å². The van der Waals surface area contributed by atoms with E-state index < -0.39 is 5.82 Å². The third-order valence-electron chi connectivity index (χ3n) is 4.68. The van der Waals surface area contributed by atoms with Gasteiger partial charge in [-0.15, -0.1) is 0 Å². The molecule has 0 fully saturated rings. The van der Waals surface area contributed by atoms with Crippen LogP contribution in [0.15, 0.2) is 42.7 Å². The van der Waals surface area contributed by atoms with Crippen LogP contribution in [0.3, 0.4) is 0 Å². The van der Waals surface area contributed by atoms with E-state index >= 15 is 0 Å². The van der Waals surface area contributed by atoms with Crippen molar-refractivity contribution in [2.45, 2.75) is 19.8 Å². The summed E-state index contributed by atoms with van der Waals surface area (Å²) >= 11 is 0. The van der Waals surface area contributed by atoms with Gasteiger partial charge in [0.15, 0.2) is 11.5 Å². The van der Waals surface area contributed by atoms with E-state index in [9.17, 15) is 9.18 Å². The van der Waals surface area contributed by atoms with E-state index in [2.05, 4.69) is 10.3 Å². The zero-order valence-electron chi connectivity index (χ0n) is 17.4. The molecule has 8 heteroatoms. The monoisotopic (exact) mass is 413 g/mol. The lowest BCUT2D eigenvalue weighted by Gasteiger charge is -2.14. The Hall–Kier alpha value is -3.55. The van der Waals surface area contributed by atoms with Gasteiger partial charge in [-0.1, -0.05) is 0 Å². The fourth-order valence-electron chi connectivity index (χ4n) is 3.17. The smallest absolute Gasteiger partial charge is 0.224 e. The van der Waals surface area contributed by atoms with Gasteiger partial charge in [-0.25, -0.2) is 9.37 Å². The number of hydrogen-bond donors (Lipinski definition) is 1. The van der Waals surface area contributed by atoms with Crippen LogP contribution in [0, 0.1) is 12.7 Å². The van der Waals surface area contributed by atoms with Gasteiger partial charge in [0.25, 0.3) is 0 Å². The van der Waals surface area contributed by atoms with Crippen molar-refractivity contribution in [3.8, 4) is 22.9 Å². The lowest BCUT2D eigenvalue weighted by atomic mass is 10.1. The summed E-state index contributed by atoms with van der Waals surface area (Å²) in [5.74, 6) is 1.56. The van der Waals surface area contributed by atoms with Gasteiger partial charge in [0.05, 0.1) is 27.0 Å². The first kappa shape index (κ1) is 21.2. The van der Waals surface area contributed by atoms with Crippen LogP contribution in [0.2, 0.25) is 0 Å². The predicted octanol–water partition coefficient (Wildman–Crippen LogP) is 3.92.